The molecule has 41 heteroatoms. The number of esters is 1. The van der Waals surface area contributed by atoms with Crippen LogP contribution >= 0.6 is 0 Å². The van der Waals surface area contributed by atoms with Gasteiger partial charge >= 0.3 is 5.97 Å². The van der Waals surface area contributed by atoms with E-state index in [1.165, 1.54) is 12.1 Å². The lowest BCUT2D eigenvalue weighted by Crippen LogP contribution is -2.68. The molecule has 0 spiro atoms. The number of nitrogens with one attached hydrogen (secondary N) is 1. The van der Waals surface area contributed by atoms with E-state index in [-0.39, 0.29) is 11.3 Å². The van der Waals surface area contributed by atoms with E-state index in [0.29, 0.717) is 13.0 Å². The number of hydrogen-bond donors (Lipinski definition) is 22. The van der Waals surface area contributed by atoms with Gasteiger partial charge in [-0.15, -0.1) is 0 Å². The predicted octanol–water partition coefficient (Wildman–Crippen LogP) is -13.4. The van der Waals surface area contributed by atoms with E-state index in [1.807, 2.05) is 6.92 Å². The Morgan fingerprint density at radius 2 is 0.600 bits per heavy atom. The first kappa shape index (κ1) is 77.9. The average molecular weight is 1410 g/mol. The van der Waals surface area contributed by atoms with Crippen molar-refractivity contribution in [1.29, 1.82) is 0 Å². The lowest BCUT2D eigenvalue weighted by atomic mass is 9.95. The number of rotatable bonds is 13. The number of carbonyl (C=O) groups excluding carboxylic acids is 1. The zero-order valence-corrected chi connectivity index (χ0v) is 51.6. The summed E-state index contributed by atoms with van der Waals surface area (Å²) in [5.74, 6) is -0.805. The summed E-state index contributed by atoms with van der Waals surface area (Å²) >= 11 is 0. The summed E-state index contributed by atoms with van der Waals surface area (Å²) in [7, 11) is -2.39. The molecule has 0 amide bonds. The summed E-state index contributed by atoms with van der Waals surface area (Å²) in [6.07, 6.45) is -71.0. The molecule has 0 aliphatic carbocycles. The second-order valence-electron chi connectivity index (χ2n) is 23.6. The fourth-order valence-corrected chi connectivity index (χ4v) is 12.2. The zero-order valence-electron chi connectivity index (χ0n) is 50.7. The fourth-order valence-electron chi connectivity index (χ4n) is 11.8. The minimum absolute atomic E-state index is 0.0666. The van der Waals surface area contributed by atoms with Crippen molar-refractivity contribution in [2.75, 3.05) is 59.8 Å². The van der Waals surface area contributed by atoms with E-state index in [0.717, 1.165) is 5.56 Å². The van der Waals surface area contributed by atoms with Gasteiger partial charge in [0.25, 0.3) is 10.1 Å². The van der Waals surface area contributed by atoms with E-state index in [9.17, 15) is 115 Å². The van der Waals surface area contributed by atoms with Crippen molar-refractivity contribution in [2.45, 2.75) is 240 Å². The number of aryl methyl sites for hydroxylation is 1. The molecule has 40 nitrogen and oxygen atoms in total. The Bertz CT molecular complexity index is 2610. The molecule has 0 unspecified atom stereocenters. The van der Waals surface area contributed by atoms with Gasteiger partial charge in [-0.2, -0.15) is 8.42 Å². The van der Waals surface area contributed by atoms with Gasteiger partial charge in [0.15, 0.2) is 44.0 Å². The van der Waals surface area contributed by atoms with Gasteiger partial charge in [-0.05, 0) is 39.1 Å². The Morgan fingerprint density at radius 3 is 0.811 bits per heavy atom. The third-order valence-corrected chi connectivity index (χ3v) is 18.0. The standard InChI is InChI=1S/C47H79NO36.C7H8O3S/c1-48-4-2-3-19(55)70-11-18-40-26(62)33(69)47(77-18)83-39-17(10-54)75-45(31(67)24(39)60)81-37-15(8-52)73-43(29(65)22(37)58)79-35-13(6-50)71-41(27(63)20(35)56)78-34-12(5-49)72-42(28(64)21(34)57)80-36-14(7-51)74-44(30(66)23(36)59)82-38-16(9-53)76-46(84-40)32(68)25(38)61;1-6-2-4-7(5-3-6)11(8,9)10/h12-18,20-54,56-69H,2-11H2,1H3;2-5H,1H3,(H,8,9,10)/t12-,13-,14-,15-,16-,17-,18-,20-,21-,22-,23-,24-,25-,26-,27-,28-,29-,30-,31-,32-,33-,34-,35-,36-,37-,38-,39-,40-,41-,42-,43-,44-,45-,46-,47-;/m1./s1. The summed E-state index contributed by atoms with van der Waals surface area (Å²) < 4.78 is 116. The van der Waals surface area contributed by atoms with Crippen LogP contribution in [0.15, 0.2) is 29.2 Å². The summed E-state index contributed by atoms with van der Waals surface area (Å²) in [5.41, 5.74) is 0.956. The van der Waals surface area contributed by atoms with Crippen molar-refractivity contribution < 1.29 is 191 Å². The van der Waals surface area contributed by atoms with Crippen LogP contribution in [0.3, 0.4) is 0 Å². The molecule has 21 aliphatic rings. The highest BCUT2D eigenvalue weighted by molar-refractivity contribution is 7.85. The number of aliphatic hydroxyl groups is 20. The van der Waals surface area contributed by atoms with Gasteiger partial charge < -0.3 is 179 Å². The lowest BCUT2D eigenvalue weighted by molar-refractivity contribution is -0.396. The Hall–Kier alpha value is -2.80. The molecule has 14 bridgehead atoms. The van der Waals surface area contributed by atoms with Crippen molar-refractivity contribution in [2.24, 2.45) is 0 Å². The van der Waals surface area contributed by atoms with Crippen molar-refractivity contribution >= 4 is 16.1 Å². The van der Waals surface area contributed by atoms with Gasteiger partial charge in [-0.3, -0.25) is 9.35 Å². The molecule has 21 aliphatic heterocycles. The quantitative estimate of drug-likeness (QED) is 0.0495. The second-order valence-corrected chi connectivity index (χ2v) is 25.1. The summed E-state index contributed by atoms with van der Waals surface area (Å²) in [6.45, 7) is -4.95. The normalized spacial score (nSPS) is 47.0. The largest absolute Gasteiger partial charge is 0.463 e. The molecule has 1 aromatic rings. The fraction of sp³-hybridized carbons (Fsp3) is 0.870. The molecule has 21 saturated heterocycles. The summed E-state index contributed by atoms with van der Waals surface area (Å²) in [5, 5.41) is 225. The molecule has 0 radical (unpaired) electrons. The molecule has 0 aromatic heterocycles. The molecule has 1 aromatic carbocycles. The number of hydrogen-bond acceptors (Lipinski definition) is 39. The lowest BCUT2D eigenvalue weighted by Gasteiger charge is -2.50. The van der Waals surface area contributed by atoms with E-state index in [4.69, 9.17) is 75.6 Å². The van der Waals surface area contributed by atoms with Crippen LogP contribution in [0.25, 0.3) is 0 Å². The van der Waals surface area contributed by atoms with Gasteiger partial charge in [0.2, 0.25) is 0 Å². The smallest absolute Gasteiger partial charge is 0.305 e. The molecule has 35 atom stereocenters. The SMILES string of the molecule is CNCCCC(=O)OC[C@H]1O[C@@H]2O[C@H]3[C@H](O)[C@@H](O)[C@@H](O[C@H]4[C@H](O)[C@@H](O)[C@@H](O[C@H]5[C@H](O)[C@@H](O)[C@@H](O[C@H]6[C@H](O)[C@@H](O)[C@@H](O[C@H]7[C@H](O)[C@@H](O)[C@@H](O[C@H]8[C@H](O)[C@@H](O)[C@@H](O[C@H]1[C@H](O)[C@H]2O)O[C@@H]8CO)O[C@@H]7CO)O[C@@H]6CO)O[C@@H]5CO)O[C@@H]4CO)O[C@@H]3CO.Cc1ccc(S(=O)(=O)O)cc1. The maximum Gasteiger partial charge on any atom is 0.305 e. The van der Waals surface area contributed by atoms with Crippen LogP contribution in [0, 0.1) is 6.92 Å². The molecular weight excluding hydrogens is 1320 g/mol. The summed E-state index contributed by atoms with van der Waals surface area (Å²) in [4.78, 5) is 12.8. The zero-order chi connectivity index (χ0) is 69.7. The molecule has 0 saturated carbocycles. The van der Waals surface area contributed by atoms with Crippen LogP contribution in [-0.4, -0.2) is 396 Å². The monoisotopic (exact) mass is 1410 g/mol. The third kappa shape index (κ3) is 17.6. The molecule has 95 heavy (non-hydrogen) atoms. The van der Waals surface area contributed by atoms with Crippen LogP contribution < -0.4 is 5.32 Å². The van der Waals surface area contributed by atoms with Crippen LogP contribution in [-0.2, 0) is 86.0 Å². The Labute approximate surface area is 540 Å². The predicted molar refractivity (Wildman–Crippen MR) is 296 cm³/mol. The van der Waals surface area contributed by atoms with Crippen molar-refractivity contribution in [3.05, 3.63) is 29.8 Å². The number of benzene rings is 1. The number of aliphatic hydroxyl groups excluding tert-OH is 20. The highest BCUT2D eigenvalue weighted by Gasteiger charge is 2.60. The topological polar surface area (TPSA) is 627 Å². The van der Waals surface area contributed by atoms with Gasteiger partial charge in [-0.1, -0.05) is 17.7 Å². The minimum Gasteiger partial charge on any atom is -0.463 e. The van der Waals surface area contributed by atoms with Crippen LogP contribution in [0.1, 0.15) is 18.4 Å². The van der Waals surface area contributed by atoms with E-state index < -0.39 is 277 Å². The van der Waals surface area contributed by atoms with Gasteiger partial charge in [-0.25, -0.2) is 0 Å². The molecular formula is C54H87NO39S. The Kier molecular flexibility index (Phi) is 28.1. The van der Waals surface area contributed by atoms with Gasteiger partial charge in [0.05, 0.1) is 44.5 Å². The first-order valence-electron chi connectivity index (χ1n) is 30.2. The van der Waals surface area contributed by atoms with Crippen LogP contribution in [0.4, 0.5) is 0 Å². The van der Waals surface area contributed by atoms with E-state index in [1.54, 1.807) is 19.2 Å². The number of carbonyl (C=O) groups is 1. The first-order valence-corrected chi connectivity index (χ1v) is 31.7. The van der Waals surface area contributed by atoms with Gasteiger partial charge in [0, 0.05) is 6.42 Å². The number of ether oxygens (including phenoxy) is 15. The van der Waals surface area contributed by atoms with Crippen molar-refractivity contribution in [3.63, 3.8) is 0 Å². The summed E-state index contributed by atoms with van der Waals surface area (Å²) in [6, 6.07) is 5.99. The molecule has 21 fully saturated rings. The maximum atomic E-state index is 12.8. The molecule has 548 valence electrons. The van der Waals surface area contributed by atoms with Gasteiger partial charge in [0.1, 0.15) is 178 Å². The van der Waals surface area contributed by atoms with Crippen molar-refractivity contribution in [3.8, 4) is 0 Å². The van der Waals surface area contributed by atoms with Crippen LogP contribution in [0.2, 0.25) is 0 Å². The Balaban J connectivity index is 0.000000952. The van der Waals surface area contributed by atoms with E-state index >= 15 is 0 Å². The third-order valence-electron chi connectivity index (χ3n) is 17.1. The maximum absolute atomic E-state index is 12.8. The second kappa shape index (κ2) is 34.2. The highest BCUT2D eigenvalue weighted by atomic mass is 32.2. The highest BCUT2D eigenvalue weighted by Crippen LogP contribution is 2.39. The molecule has 22 rings (SSSR count). The first-order chi connectivity index (χ1) is 45.0. The Morgan fingerprint density at radius 1 is 0.379 bits per heavy atom. The molecule has 21 heterocycles. The molecule has 22 N–H and O–H groups in total. The van der Waals surface area contributed by atoms with Crippen LogP contribution in [0.5, 0.6) is 0 Å². The average Bonchev–Trinajstić information content (AvgIpc) is 0.792. The minimum atomic E-state index is -4.02. The van der Waals surface area contributed by atoms with Crippen molar-refractivity contribution in [1.82, 2.24) is 5.32 Å². The van der Waals surface area contributed by atoms with E-state index in [2.05, 4.69) is 5.32 Å².